The quantitative estimate of drug-likeness (QED) is 0.761. The first-order valence-electron chi connectivity index (χ1n) is 10.7. The van der Waals surface area contributed by atoms with Gasteiger partial charge in [0.15, 0.2) is 0 Å². The van der Waals surface area contributed by atoms with Crippen LogP contribution in [0.4, 0.5) is 0 Å². The average Bonchev–Trinajstić information content (AvgIpc) is 2.48. The first-order chi connectivity index (χ1) is 11.4. The third kappa shape index (κ3) is 4.34. The third-order valence-corrected chi connectivity index (χ3v) is 7.28. The fourth-order valence-electron chi connectivity index (χ4n) is 5.08. The maximum atomic E-state index is 2.81. The van der Waals surface area contributed by atoms with E-state index < -0.39 is 0 Å². The average molecular weight is 336 g/mol. The van der Waals surface area contributed by atoms with Crippen LogP contribution in [0.3, 0.4) is 0 Å². The molecule has 1 aliphatic carbocycles. The molecule has 1 saturated carbocycles. The van der Waals surface area contributed by atoms with Crippen LogP contribution in [0.1, 0.15) is 60.3 Å². The Morgan fingerprint density at radius 1 is 0.917 bits per heavy atom. The molecule has 1 atom stereocenters. The van der Waals surface area contributed by atoms with Gasteiger partial charge in [-0.1, -0.05) is 13.8 Å². The van der Waals surface area contributed by atoms with Gasteiger partial charge in [0.1, 0.15) is 0 Å². The van der Waals surface area contributed by atoms with Crippen LogP contribution in [0.5, 0.6) is 0 Å². The normalized spacial score (nSPS) is 34.9. The molecule has 0 bridgehead atoms. The van der Waals surface area contributed by atoms with Gasteiger partial charge < -0.3 is 4.90 Å². The summed E-state index contributed by atoms with van der Waals surface area (Å²) < 4.78 is 0. The second-order valence-electron chi connectivity index (χ2n) is 9.54. The fraction of sp³-hybridized carbons (Fsp3) is 1.00. The molecule has 0 aromatic heterocycles. The third-order valence-electron chi connectivity index (χ3n) is 7.28. The van der Waals surface area contributed by atoms with E-state index in [2.05, 4.69) is 49.3 Å². The van der Waals surface area contributed by atoms with Crippen molar-refractivity contribution < 1.29 is 0 Å². The van der Waals surface area contributed by atoms with Crippen LogP contribution in [0.2, 0.25) is 0 Å². The second-order valence-corrected chi connectivity index (χ2v) is 9.54. The first kappa shape index (κ1) is 18.7. The topological polar surface area (TPSA) is 9.72 Å². The molecule has 2 saturated heterocycles. The van der Waals surface area contributed by atoms with Crippen molar-refractivity contribution >= 4 is 0 Å². The molecule has 0 radical (unpaired) electrons. The van der Waals surface area contributed by atoms with Crippen LogP contribution < -0.4 is 0 Å². The summed E-state index contributed by atoms with van der Waals surface area (Å²) in [5.74, 6) is 2.81. The highest BCUT2D eigenvalue weighted by atomic mass is 15.3. The van der Waals surface area contributed by atoms with E-state index in [0.717, 1.165) is 35.9 Å². The summed E-state index contributed by atoms with van der Waals surface area (Å²) in [6.07, 6.45) is 5.73. The Morgan fingerprint density at radius 2 is 1.58 bits per heavy atom. The van der Waals surface area contributed by atoms with E-state index in [1.54, 1.807) is 0 Å². The number of hydrogen-bond acceptors (Lipinski definition) is 3. The zero-order valence-corrected chi connectivity index (χ0v) is 16.9. The maximum absolute atomic E-state index is 2.81. The Labute approximate surface area is 150 Å². The molecule has 140 valence electrons. The molecule has 24 heavy (non-hydrogen) atoms. The highest BCUT2D eigenvalue weighted by molar-refractivity contribution is 4.92. The molecular weight excluding hydrogens is 294 g/mol. The van der Waals surface area contributed by atoms with Crippen LogP contribution in [0.15, 0.2) is 0 Å². The van der Waals surface area contributed by atoms with E-state index in [-0.39, 0.29) is 0 Å². The number of hydrogen-bond donors (Lipinski definition) is 0. The Hall–Kier alpha value is -0.120. The van der Waals surface area contributed by atoms with Gasteiger partial charge in [-0.05, 0) is 77.3 Å². The Morgan fingerprint density at radius 3 is 2.12 bits per heavy atom. The van der Waals surface area contributed by atoms with Gasteiger partial charge in [0, 0.05) is 44.3 Å². The summed E-state index contributed by atoms with van der Waals surface area (Å²) >= 11 is 0. The smallest absolute Gasteiger partial charge is 0.0195 e. The molecule has 3 nitrogen and oxygen atoms in total. The van der Waals surface area contributed by atoms with Gasteiger partial charge in [-0.15, -0.1) is 0 Å². The zero-order valence-electron chi connectivity index (χ0n) is 16.9. The van der Waals surface area contributed by atoms with Crippen molar-refractivity contribution in [3.63, 3.8) is 0 Å². The second kappa shape index (κ2) is 8.05. The van der Waals surface area contributed by atoms with Gasteiger partial charge in [-0.3, -0.25) is 9.80 Å². The van der Waals surface area contributed by atoms with Crippen molar-refractivity contribution in [2.75, 3.05) is 39.3 Å². The lowest BCUT2D eigenvalue weighted by atomic mass is 9.73. The molecular formula is C21H41N3. The standard InChI is InChI=1S/C21H41N3/c1-16(2)20-12-21(13-20)24-11-10-23(18(5)14-24)15-19-6-8-22(9-7-19)17(3)4/h16-21H,6-15H2,1-5H3/t18-,20?,21?/m1/s1. The van der Waals surface area contributed by atoms with Gasteiger partial charge in [0.25, 0.3) is 0 Å². The van der Waals surface area contributed by atoms with Crippen LogP contribution >= 0.6 is 0 Å². The van der Waals surface area contributed by atoms with Gasteiger partial charge in [0.2, 0.25) is 0 Å². The SMILES string of the molecule is CC(C)C1CC(N2CCN(CC3CCN(C(C)C)CC3)[C@H](C)C2)C1. The van der Waals surface area contributed by atoms with Crippen molar-refractivity contribution in [2.45, 2.75) is 78.4 Å². The van der Waals surface area contributed by atoms with Crippen molar-refractivity contribution in [1.29, 1.82) is 0 Å². The molecule has 3 rings (SSSR count). The molecule has 3 aliphatic rings. The molecule has 0 N–H and O–H groups in total. The highest BCUT2D eigenvalue weighted by Crippen LogP contribution is 2.37. The highest BCUT2D eigenvalue weighted by Gasteiger charge is 2.38. The van der Waals surface area contributed by atoms with Crippen LogP contribution in [0.25, 0.3) is 0 Å². The molecule has 2 heterocycles. The summed E-state index contributed by atoms with van der Waals surface area (Å²) in [6, 6.07) is 2.38. The van der Waals surface area contributed by atoms with E-state index in [0.29, 0.717) is 0 Å². The van der Waals surface area contributed by atoms with E-state index in [9.17, 15) is 0 Å². The van der Waals surface area contributed by atoms with E-state index >= 15 is 0 Å². The summed E-state index contributed by atoms with van der Waals surface area (Å²) in [6.45, 7) is 19.8. The van der Waals surface area contributed by atoms with E-state index in [4.69, 9.17) is 0 Å². The Bertz CT molecular complexity index is 381. The first-order valence-corrected chi connectivity index (χ1v) is 10.7. The predicted octanol–water partition coefficient (Wildman–Crippen LogP) is 3.55. The Balaban J connectivity index is 1.39. The number of piperazine rings is 1. The fourth-order valence-corrected chi connectivity index (χ4v) is 5.08. The molecule has 2 aliphatic heterocycles. The minimum atomic E-state index is 0.727. The van der Waals surface area contributed by atoms with E-state index in [1.165, 1.54) is 65.0 Å². The zero-order chi connectivity index (χ0) is 17.3. The summed E-state index contributed by atoms with van der Waals surface area (Å²) in [5.41, 5.74) is 0. The summed E-state index contributed by atoms with van der Waals surface area (Å²) in [7, 11) is 0. The van der Waals surface area contributed by atoms with E-state index in [1.807, 2.05) is 0 Å². The molecule has 0 spiro atoms. The van der Waals surface area contributed by atoms with Crippen LogP contribution in [0, 0.1) is 17.8 Å². The molecule has 3 heteroatoms. The maximum Gasteiger partial charge on any atom is 0.0195 e. The minimum Gasteiger partial charge on any atom is -0.301 e. The van der Waals surface area contributed by atoms with Crippen molar-refractivity contribution in [1.82, 2.24) is 14.7 Å². The van der Waals surface area contributed by atoms with Crippen molar-refractivity contribution in [3.8, 4) is 0 Å². The number of piperidine rings is 1. The molecule has 0 aromatic rings. The predicted molar refractivity (Wildman–Crippen MR) is 103 cm³/mol. The minimum absolute atomic E-state index is 0.727. The van der Waals surface area contributed by atoms with Crippen molar-refractivity contribution in [2.24, 2.45) is 17.8 Å². The van der Waals surface area contributed by atoms with Gasteiger partial charge in [-0.25, -0.2) is 0 Å². The lowest BCUT2D eigenvalue weighted by Gasteiger charge is -2.50. The van der Waals surface area contributed by atoms with Gasteiger partial charge in [-0.2, -0.15) is 0 Å². The van der Waals surface area contributed by atoms with Crippen LogP contribution in [-0.2, 0) is 0 Å². The number of likely N-dealkylation sites (tertiary alicyclic amines) is 1. The number of nitrogens with zero attached hydrogens (tertiary/aromatic N) is 3. The number of rotatable bonds is 5. The van der Waals surface area contributed by atoms with Crippen molar-refractivity contribution in [3.05, 3.63) is 0 Å². The Kier molecular flexibility index (Phi) is 6.26. The summed E-state index contributed by atoms with van der Waals surface area (Å²) in [4.78, 5) is 8.26. The largest absolute Gasteiger partial charge is 0.301 e. The lowest BCUT2D eigenvalue weighted by Crippen LogP contribution is -2.58. The molecule has 0 amide bonds. The lowest BCUT2D eigenvalue weighted by molar-refractivity contribution is -0.00996. The van der Waals surface area contributed by atoms with Gasteiger partial charge >= 0.3 is 0 Å². The van der Waals surface area contributed by atoms with Crippen LogP contribution in [-0.4, -0.2) is 72.1 Å². The monoisotopic (exact) mass is 335 g/mol. The molecule has 3 fully saturated rings. The van der Waals surface area contributed by atoms with Gasteiger partial charge in [0.05, 0.1) is 0 Å². The molecule has 0 aromatic carbocycles. The summed E-state index contributed by atoms with van der Waals surface area (Å²) in [5, 5.41) is 0. The molecule has 0 unspecified atom stereocenters.